The molecule has 20 heavy (non-hydrogen) atoms. The lowest BCUT2D eigenvalue weighted by Gasteiger charge is -2.17. The fraction of sp³-hybridized carbons (Fsp3) is 0.600. The third-order valence-corrected chi connectivity index (χ3v) is 3.11. The maximum atomic E-state index is 13.3. The number of hydrogen-bond acceptors (Lipinski definition) is 3. The van der Waals surface area contributed by atoms with Crippen LogP contribution in [0.3, 0.4) is 0 Å². The van der Waals surface area contributed by atoms with E-state index in [4.69, 9.17) is 0 Å². The number of anilines is 1. The Bertz CT molecular complexity index is 437. The number of amides is 1. The maximum Gasteiger partial charge on any atom is 0.255 e. The summed E-state index contributed by atoms with van der Waals surface area (Å²) < 4.78 is 13.3. The van der Waals surface area contributed by atoms with Crippen LogP contribution in [0.2, 0.25) is 0 Å². The van der Waals surface area contributed by atoms with Crippen molar-refractivity contribution in [1.29, 1.82) is 0 Å². The standard InChI is InChI=1S/C15H24FN3O/c1-4-7-12(6-3)19-15(20)13-9-11(16)10-18-14(13)17-8-5-2/h9-10,12H,4-8H2,1-3H3,(H,17,18)(H,19,20). The van der Waals surface area contributed by atoms with E-state index in [2.05, 4.69) is 22.5 Å². The first-order chi connectivity index (χ1) is 9.62. The van der Waals surface area contributed by atoms with Crippen molar-refractivity contribution in [3.05, 3.63) is 23.6 Å². The van der Waals surface area contributed by atoms with Crippen LogP contribution in [0.15, 0.2) is 12.3 Å². The number of halogens is 1. The summed E-state index contributed by atoms with van der Waals surface area (Å²) in [7, 11) is 0. The smallest absolute Gasteiger partial charge is 0.255 e. The van der Waals surface area contributed by atoms with Gasteiger partial charge in [0, 0.05) is 12.6 Å². The second kappa shape index (κ2) is 8.51. The molecule has 1 aromatic rings. The Hall–Kier alpha value is -1.65. The molecule has 1 rings (SSSR count). The zero-order chi connectivity index (χ0) is 15.0. The number of nitrogens with one attached hydrogen (secondary N) is 2. The number of pyridine rings is 1. The zero-order valence-corrected chi connectivity index (χ0v) is 12.5. The van der Waals surface area contributed by atoms with Gasteiger partial charge in [-0.05, 0) is 25.3 Å². The molecule has 0 saturated carbocycles. The highest BCUT2D eigenvalue weighted by molar-refractivity contribution is 5.98. The molecule has 4 nitrogen and oxygen atoms in total. The summed E-state index contributed by atoms with van der Waals surface area (Å²) in [6.45, 7) is 6.82. The number of nitrogens with zero attached hydrogens (tertiary/aromatic N) is 1. The minimum Gasteiger partial charge on any atom is -0.369 e. The number of carbonyl (C=O) groups excluding carboxylic acids is 1. The molecule has 1 atom stereocenters. The van der Waals surface area contributed by atoms with E-state index in [1.807, 2.05) is 13.8 Å². The predicted molar refractivity (Wildman–Crippen MR) is 79.4 cm³/mol. The van der Waals surface area contributed by atoms with E-state index in [-0.39, 0.29) is 17.5 Å². The van der Waals surface area contributed by atoms with Gasteiger partial charge in [0.15, 0.2) is 0 Å². The lowest BCUT2D eigenvalue weighted by molar-refractivity contribution is 0.0933. The van der Waals surface area contributed by atoms with Crippen LogP contribution in [0, 0.1) is 5.82 Å². The molecule has 0 saturated heterocycles. The van der Waals surface area contributed by atoms with Crippen LogP contribution in [0.5, 0.6) is 0 Å². The van der Waals surface area contributed by atoms with Gasteiger partial charge in [0.1, 0.15) is 11.6 Å². The van der Waals surface area contributed by atoms with Crippen LogP contribution in [0.1, 0.15) is 56.8 Å². The highest BCUT2D eigenvalue weighted by atomic mass is 19.1. The predicted octanol–water partition coefficient (Wildman–Crippen LogP) is 3.35. The fourth-order valence-corrected chi connectivity index (χ4v) is 1.99. The largest absolute Gasteiger partial charge is 0.369 e. The first kappa shape index (κ1) is 16.4. The van der Waals surface area contributed by atoms with Gasteiger partial charge in [0.05, 0.1) is 11.8 Å². The second-order valence-corrected chi connectivity index (χ2v) is 4.84. The quantitative estimate of drug-likeness (QED) is 0.768. The first-order valence-electron chi connectivity index (χ1n) is 7.32. The molecule has 0 fully saturated rings. The molecule has 1 amide bonds. The van der Waals surface area contributed by atoms with Crippen molar-refractivity contribution in [2.75, 3.05) is 11.9 Å². The molecule has 0 radical (unpaired) electrons. The molecule has 0 aliphatic rings. The molecule has 112 valence electrons. The zero-order valence-electron chi connectivity index (χ0n) is 12.5. The molecule has 1 heterocycles. The molecule has 0 aliphatic heterocycles. The molecular formula is C15H24FN3O. The summed E-state index contributed by atoms with van der Waals surface area (Å²) in [5.74, 6) is -0.325. The summed E-state index contributed by atoms with van der Waals surface area (Å²) in [6.07, 6.45) is 4.82. The van der Waals surface area contributed by atoms with Crippen molar-refractivity contribution in [3.8, 4) is 0 Å². The van der Waals surface area contributed by atoms with Crippen molar-refractivity contribution in [2.24, 2.45) is 0 Å². The van der Waals surface area contributed by atoms with Gasteiger partial charge in [-0.3, -0.25) is 4.79 Å². The Morgan fingerprint density at radius 3 is 2.70 bits per heavy atom. The van der Waals surface area contributed by atoms with Crippen LogP contribution < -0.4 is 10.6 Å². The number of hydrogen-bond donors (Lipinski definition) is 2. The highest BCUT2D eigenvalue weighted by Crippen LogP contribution is 2.14. The van der Waals surface area contributed by atoms with Crippen LogP contribution in [0.4, 0.5) is 10.2 Å². The average molecular weight is 281 g/mol. The molecule has 1 unspecified atom stereocenters. The van der Waals surface area contributed by atoms with E-state index in [0.717, 1.165) is 31.9 Å². The van der Waals surface area contributed by atoms with Gasteiger partial charge >= 0.3 is 0 Å². The van der Waals surface area contributed by atoms with Crippen LogP contribution in [-0.4, -0.2) is 23.5 Å². The molecular weight excluding hydrogens is 257 g/mol. The van der Waals surface area contributed by atoms with Gasteiger partial charge < -0.3 is 10.6 Å². The Labute approximate surface area is 120 Å². The van der Waals surface area contributed by atoms with E-state index >= 15 is 0 Å². The summed E-state index contributed by atoms with van der Waals surface area (Å²) in [6, 6.07) is 1.36. The summed E-state index contributed by atoms with van der Waals surface area (Å²) in [4.78, 5) is 16.2. The van der Waals surface area contributed by atoms with Crippen molar-refractivity contribution in [1.82, 2.24) is 10.3 Å². The van der Waals surface area contributed by atoms with Crippen molar-refractivity contribution in [3.63, 3.8) is 0 Å². The van der Waals surface area contributed by atoms with Crippen LogP contribution in [-0.2, 0) is 0 Å². The average Bonchev–Trinajstić information content (AvgIpc) is 2.45. The first-order valence-corrected chi connectivity index (χ1v) is 7.32. The molecule has 5 heteroatoms. The topological polar surface area (TPSA) is 54.0 Å². The lowest BCUT2D eigenvalue weighted by atomic mass is 10.1. The molecule has 0 bridgehead atoms. The number of aromatic nitrogens is 1. The molecule has 0 spiro atoms. The minimum atomic E-state index is -0.499. The highest BCUT2D eigenvalue weighted by Gasteiger charge is 2.16. The molecule has 1 aromatic heterocycles. The van der Waals surface area contributed by atoms with Crippen LogP contribution in [0.25, 0.3) is 0 Å². The maximum absolute atomic E-state index is 13.3. The van der Waals surface area contributed by atoms with E-state index in [1.165, 1.54) is 6.07 Å². The van der Waals surface area contributed by atoms with Crippen LogP contribution >= 0.6 is 0 Å². The van der Waals surface area contributed by atoms with E-state index in [0.29, 0.717) is 12.4 Å². The van der Waals surface area contributed by atoms with Gasteiger partial charge in [-0.2, -0.15) is 0 Å². The second-order valence-electron chi connectivity index (χ2n) is 4.84. The van der Waals surface area contributed by atoms with Gasteiger partial charge in [-0.25, -0.2) is 9.37 Å². The van der Waals surface area contributed by atoms with Crippen molar-refractivity contribution in [2.45, 2.75) is 52.5 Å². The monoisotopic (exact) mass is 281 g/mol. The van der Waals surface area contributed by atoms with Crippen molar-refractivity contribution < 1.29 is 9.18 Å². The summed E-state index contributed by atoms with van der Waals surface area (Å²) >= 11 is 0. The Morgan fingerprint density at radius 2 is 2.10 bits per heavy atom. The summed E-state index contributed by atoms with van der Waals surface area (Å²) in [5, 5.41) is 6.00. The van der Waals surface area contributed by atoms with E-state index < -0.39 is 5.82 Å². The van der Waals surface area contributed by atoms with Gasteiger partial charge in [-0.1, -0.05) is 27.2 Å². The SMILES string of the molecule is CCCNc1ncc(F)cc1C(=O)NC(CC)CCC. The minimum absolute atomic E-state index is 0.120. The Balaban J connectivity index is 2.86. The number of rotatable bonds is 8. The third-order valence-electron chi connectivity index (χ3n) is 3.11. The van der Waals surface area contributed by atoms with E-state index in [9.17, 15) is 9.18 Å². The summed E-state index contributed by atoms with van der Waals surface area (Å²) in [5.41, 5.74) is 0.271. The normalized spacial score (nSPS) is 12.0. The Morgan fingerprint density at radius 1 is 1.35 bits per heavy atom. The fourth-order valence-electron chi connectivity index (χ4n) is 1.99. The van der Waals surface area contributed by atoms with E-state index in [1.54, 1.807) is 0 Å². The third kappa shape index (κ3) is 4.79. The lowest BCUT2D eigenvalue weighted by Crippen LogP contribution is -2.34. The molecule has 0 aliphatic carbocycles. The number of carbonyl (C=O) groups is 1. The van der Waals surface area contributed by atoms with Gasteiger partial charge in [0.2, 0.25) is 0 Å². The Kier molecular flexibility index (Phi) is 6.98. The molecule has 2 N–H and O–H groups in total. The van der Waals surface area contributed by atoms with Gasteiger partial charge in [-0.15, -0.1) is 0 Å². The van der Waals surface area contributed by atoms with Crippen molar-refractivity contribution >= 4 is 11.7 Å². The molecule has 0 aromatic carbocycles. The van der Waals surface area contributed by atoms with Gasteiger partial charge in [0.25, 0.3) is 5.91 Å².